The molecule has 0 aliphatic carbocycles. The van der Waals surface area contributed by atoms with Gasteiger partial charge in [-0.15, -0.1) is 0 Å². The van der Waals surface area contributed by atoms with Crippen LogP contribution in [0.15, 0.2) is 54.1 Å². The van der Waals surface area contributed by atoms with Crippen LogP contribution in [0.3, 0.4) is 0 Å². The van der Waals surface area contributed by atoms with Crippen molar-refractivity contribution in [3.8, 4) is 5.75 Å². The Morgan fingerprint density at radius 2 is 1.88 bits per heavy atom. The van der Waals surface area contributed by atoms with E-state index in [0.29, 0.717) is 16.3 Å². The van der Waals surface area contributed by atoms with Crippen LogP contribution in [0.25, 0.3) is 6.08 Å². The van der Waals surface area contributed by atoms with E-state index in [0.717, 1.165) is 0 Å². The molecule has 2 N–H and O–H groups in total. The predicted molar refractivity (Wildman–Crippen MR) is 95.8 cm³/mol. The van der Waals surface area contributed by atoms with Gasteiger partial charge >= 0.3 is 0 Å². The van der Waals surface area contributed by atoms with E-state index in [1.165, 1.54) is 23.1 Å². The van der Waals surface area contributed by atoms with Gasteiger partial charge in [-0.3, -0.25) is 19.8 Å². The van der Waals surface area contributed by atoms with Crippen LogP contribution in [0.4, 0.5) is 5.69 Å². The predicted octanol–water partition coefficient (Wildman–Crippen LogP) is 2.88. The lowest BCUT2D eigenvalue weighted by atomic mass is 10.1. The molecule has 2 amide bonds. The lowest BCUT2D eigenvalue weighted by Gasteiger charge is -2.29. The summed E-state index contributed by atoms with van der Waals surface area (Å²) in [5.41, 5.74) is 0.890. The van der Waals surface area contributed by atoms with E-state index in [1.807, 2.05) is 0 Å². The maximum atomic E-state index is 12.8. The fraction of sp³-hybridized carbons (Fsp3) is 0. The number of anilines is 1. The van der Waals surface area contributed by atoms with E-state index in [4.69, 9.17) is 23.8 Å². The number of nitrogens with one attached hydrogen (secondary N) is 1. The first-order valence-corrected chi connectivity index (χ1v) is 7.70. The molecule has 0 spiro atoms. The summed E-state index contributed by atoms with van der Waals surface area (Å²) in [6.45, 7) is 0. The number of halogens is 1. The van der Waals surface area contributed by atoms with E-state index in [1.54, 1.807) is 36.4 Å². The Balaban J connectivity index is 2.03. The number of carbonyl (C=O) groups excluding carboxylic acids is 2. The highest BCUT2D eigenvalue weighted by Crippen LogP contribution is 2.25. The zero-order valence-corrected chi connectivity index (χ0v) is 13.8. The van der Waals surface area contributed by atoms with E-state index >= 15 is 0 Å². The van der Waals surface area contributed by atoms with E-state index in [-0.39, 0.29) is 16.4 Å². The average molecular weight is 359 g/mol. The summed E-state index contributed by atoms with van der Waals surface area (Å²) >= 11 is 11.1. The Morgan fingerprint density at radius 1 is 1.12 bits per heavy atom. The van der Waals surface area contributed by atoms with Gasteiger partial charge in [-0.1, -0.05) is 29.8 Å². The smallest absolute Gasteiger partial charge is 0.270 e. The zero-order chi connectivity index (χ0) is 17.3. The number of aromatic hydroxyl groups is 1. The topological polar surface area (TPSA) is 69.6 Å². The third kappa shape index (κ3) is 3.15. The highest BCUT2D eigenvalue weighted by molar-refractivity contribution is 7.80. The van der Waals surface area contributed by atoms with E-state index in [2.05, 4.69) is 5.32 Å². The van der Waals surface area contributed by atoms with Gasteiger partial charge in [0.05, 0.1) is 5.69 Å². The van der Waals surface area contributed by atoms with Gasteiger partial charge in [0.25, 0.3) is 11.8 Å². The molecule has 0 bridgehead atoms. The largest absolute Gasteiger partial charge is 0.508 e. The third-order valence-electron chi connectivity index (χ3n) is 3.35. The first kappa shape index (κ1) is 16.2. The van der Waals surface area contributed by atoms with Crippen LogP contribution in [0.2, 0.25) is 5.02 Å². The Morgan fingerprint density at radius 3 is 2.58 bits per heavy atom. The van der Waals surface area contributed by atoms with Gasteiger partial charge in [0, 0.05) is 5.02 Å². The van der Waals surface area contributed by atoms with Crippen molar-refractivity contribution in [1.29, 1.82) is 0 Å². The van der Waals surface area contributed by atoms with Crippen molar-refractivity contribution in [2.45, 2.75) is 0 Å². The zero-order valence-electron chi connectivity index (χ0n) is 12.2. The molecule has 0 unspecified atom stereocenters. The highest BCUT2D eigenvalue weighted by Gasteiger charge is 2.34. The molecule has 1 aliphatic rings. The number of thiocarbonyl (C=S) groups is 1. The van der Waals surface area contributed by atoms with E-state index in [9.17, 15) is 14.7 Å². The maximum absolute atomic E-state index is 12.8. The molecular formula is C17H11ClN2O3S. The summed E-state index contributed by atoms with van der Waals surface area (Å²) in [5.74, 6) is -1.11. The molecule has 1 heterocycles. The van der Waals surface area contributed by atoms with Gasteiger partial charge in [-0.25, -0.2) is 0 Å². The second-order valence-corrected chi connectivity index (χ2v) is 5.86. The van der Waals surface area contributed by atoms with Crippen molar-refractivity contribution in [3.05, 3.63) is 64.7 Å². The Bertz CT molecular complexity index is 895. The van der Waals surface area contributed by atoms with Gasteiger partial charge < -0.3 is 5.11 Å². The molecule has 120 valence electrons. The van der Waals surface area contributed by atoms with Crippen molar-refractivity contribution < 1.29 is 14.7 Å². The van der Waals surface area contributed by atoms with Crippen molar-refractivity contribution >= 4 is 52.5 Å². The van der Waals surface area contributed by atoms with Gasteiger partial charge in [-0.2, -0.15) is 0 Å². The van der Waals surface area contributed by atoms with Gasteiger partial charge in [0.1, 0.15) is 11.3 Å². The molecule has 5 nitrogen and oxygen atoms in total. The molecule has 1 fully saturated rings. The second kappa shape index (κ2) is 6.43. The molecule has 0 saturated carbocycles. The monoisotopic (exact) mass is 358 g/mol. The minimum absolute atomic E-state index is 0.0136. The van der Waals surface area contributed by atoms with Crippen molar-refractivity contribution in [2.75, 3.05) is 4.90 Å². The first-order chi connectivity index (χ1) is 11.5. The fourth-order valence-electron chi connectivity index (χ4n) is 2.29. The molecule has 0 atom stereocenters. The Kier molecular flexibility index (Phi) is 4.33. The molecule has 1 saturated heterocycles. The summed E-state index contributed by atoms with van der Waals surface area (Å²) in [4.78, 5) is 26.1. The van der Waals surface area contributed by atoms with Crippen LogP contribution >= 0.6 is 23.8 Å². The summed E-state index contributed by atoms with van der Waals surface area (Å²) in [7, 11) is 0. The molecule has 3 rings (SSSR count). The van der Waals surface area contributed by atoms with Gasteiger partial charge in [-0.05, 0) is 54.2 Å². The minimum Gasteiger partial charge on any atom is -0.508 e. The number of rotatable bonds is 2. The third-order valence-corrected chi connectivity index (χ3v) is 3.87. The molecule has 1 aliphatic heterocycles. The summed E-state index contributed by atoms with van der Waals surface area (Å²) in [5, 5.41) is 12.4. The fourth-order valence-corrected chi connectivity index (χ4v) is 2.75. The molecular weight excluding hydrogens is 348 g/mol. The van der Waals surface area contributed by atoms with Crippen LogP contribution in [0, 0.1) is 0 Å². The number of amides is 2. The number of carbonyl (C=O) groups is 2. The van der Waals surface area contributed by atoms with Crippen molar-refractivity contribution in [2.24, 2.45) is 0 Å². The lowest BCUT2D eigenvalue weighted by molar-refractivity contribution is -0.122. The second-order valence-electron chi connectivity index (χ2n) is 5.03. The standard InChI is InChI=1S/C17H11ClN2O3S/c18-11-4-2-5-12(9-11)20-16(23)14(15(22)19-17(20)24)8-10-3-1-6-13(21)7-10/h1-9,21H,(H,19,22,24)/b14-8+. The maximum Gasteiger partial charge on any atom is 0.270 e. The number of phenolic OH excluding ortho intramolecular Hbond substituents is 1. The van der Waals surface area contributed by atoms with Crippen LogP contribution in [-0.4, -0.2) is 22.0 Å². The summed E-state index contributed by atoms with van der Waals surface area (Å²) in [6, 6.07) is 12.8. The Labute approximate surface area is 148 Å². The normalized spacial score (nSPS) is 16.5. The Hall–Kier alpha value is -2.70. The molecule has 0 aromatic heterocycles. The number of hydrogen-bond acceptors (Lipinski definition) is 4. The summed E-state index contributed by atoms with van der Waals surface area (Å²) < 4.78 is 0. The van der Waals surface area contributed by atoms with Gasteiger partial charge in [0.2, 0.25) is 0 Å². The molecule has 2 aromatic rings. The molecule has 0 radical (unpaired) electrons. The number of benzene rings is 2. The van der Waals surface area contributed by atoms with E-state index < -0.39 is 11.8 Å². The number of phenols is 1. The minimum atomic E-state index is -0.591. The van der Waals surface area contributed by atoms with Crippen LogP contribution in [-0.2, 0) is 9.59 Å². The number of nitrogens with zero attached hydrogens (tertiary/aromatic N) is 1. The van der Waals surface area contributed by atoms with Crippen LogP contribution in [0.5, 0.6) is 5.75 Å². The lowest BCUT2D eigenvalue weighted by Crippen LogP contribution is -2.54. The van der Waals surface area contributed by atoms with Crippen LogP contribution < -0.4 is 10.2 Å². The SMILES string of the molecule is O=C1NC(=S)N(c2cccc(Cl)c2)C(=O)/C1=C/c1cccc(O)c1. The van der Waals surface area contributed by atoms with Crippen molar-refractivity contribution in [3.63, 3.8) is 0 Å². The quantitative estimate of drug-likeness (QED) is 0.492. The first-order valence-electron chi connectivity index (χ1n) is 6.92. The van der Waals surface area contributed by atoms with Crippen molar-refractivity contribution in [1.82, 2.24) is 5.32 Å². The number of hydrogen-bond donors (Lipinski definition) is 2. The average Bonchev–Trinajstić information content (AvgIpc) is 2.51. The summed E-state index contributed by atoms with van der Waals surface area (Å²) in [6.07, 6.45) is 1.40. The van der Waals surface area contributed by atoms with Crippen LogP contribution in [0.1, 0.15) is 5.56 Å². The molecule has 24 heavy (non-hydrogen) atoms. The highest BCUT2D eigenvalue weighted by atomic mass is 35.5. The van der Waals surface area contributed by atoms with Gasteiger partial charge in [0.15, 0.2) is 5.11 Å². The molecule has 2 aromatic carbocycles. The molecule has 7 heteroatoms.